The van der Waals surface area contributed by atoms with Crippen LogP contribution in [0.5, 0.6) is 0 Å². The Bertz CT molecular complexity index is 637. The number of thiophene rings is 1. The van der Waals surface area contributed by atoms with Crippen molar-refractivity contribution < 1.29 is 13.2 Å². The van der Waals surface area contributed by atoms with E-state index in [1.807, 2.05) is 6.92 Å². The van der Waals surface area contributed by atoms with E-state index >= 15 is 0 Å². The zero-order valence-corrected chi connectivity index (χ0v) is 14.2. The molecule has 0 aromatic carbocycles. The van der Waals surface area contributed by atoms with Crippen LogP contribution in [0.15, 0.2) is 16.3 Å². The van der Waals surface area contributed by atoms with Gasteiger partial charge in [-0.25, -0.2) is 8.42 Å². The minimum Gasteiger partial charge on any atom is -0.354 e. The van der Waals surface area contributed by atoms with Crippen LogP contribution in [0.25, 0.3) is 0 Å². The van der Waals surface area contributed by atoms with E-state index in [-0.39, 0.29) is 5.91 Å². The van der Waals surface area contributed by atoms with Crippen molar-refractivity contribution in [3.8, 4) is 0 Å². The molecule has 3 rings (SSSR count). The highest BCUT2D eigenvalue weighted by Crippen LogP contribution is 2.32. The van der Waals surface area contributed by atoms with E-state index in [0.717, 1.165) is 17.7 Å². The summed E-state index contributed by atoms with van der Waals surface area (Å²) in [5.41, 5.74) is 0. The predicted octanol–water partition coefficient (Wildman–Crippen LogP) is 1.65. The molecule has 1 aromatic heterocycles. The molecule has 1 N–H and O–H groups in total. The van der Waals surface area contributed by atoms with E-state index in [9.17, 15) is 13.2 Å². The lowest BCUT2D eigenvalue weighted by molar-refractivity contribution is -0.123. The molecule has 1 amide bonds. The van der Waals surface area contributed by atoms with Crippen molar-refractivity contribution in [3.63, 3.8) is 0 Å². The first-order chi connectivity index (χ1) is 9.98. The van der Waals surface area contributed by atoms with Crippen molar-refractivity contribution in [1.29, 1.82) is 0 Å². The van der Waals surface area contributed by atoms with Gasteiger partial charge in [0.05, 0.1) is 5.88 Å². The van der Waals surface area contributed by atoms with E-state index < -0.39 is 16.1 Å². The lowest BCUT2D eigenvalue weighted by Gasteiger charge is -2.21. The van der Waals surface area contributed by atoms with Crippen molar-refractivity contribution in [1.82, 2.24) is 9.62 Å². The minimum absolute atomic E-state index is 0.163. The van der Waals surface area contributed by atoms with Crippen LogP contribution in [0.2, 0.25) is 0 Å². The van der Waals surface area contributed by atoms with Gasteiger partial charge >= 0.3 is 0 Å². The summed E-state index contributed by atoms with van der Waals surface area (Å²) in [5.74, 6) is 1.30. The van der Waals surface area contributed by atoms with Crippen molar-refractivity contribution in [2.75, 3.05) is 18.2 Å². The molecular formula is C13H18N2O3S3. The molecule has 1 saturated heterocycles. The Morgan fingerprint density at radius 3 is 2.81 bits per heavy atom. The molecule has 1 saturated carbocycles. The number of hydrogen-bond acceptors (Lipinski definition) is 5. The molecule has 1 atom stereocenters. The van der Waals surface area contributed by atoms with E-state index in [2.05, 4.69) is 5.32 Å². The molecule has 2 fully saturated rings. The third kappa shape index (κ3) is 3.28. The monoisotopic (exact) mass is 346 g/mol. The van der Waals surface area contributed by atoms with Gasteiger partial charge in [0.25, 0.3) is 10.0 Å². The molecule has 0 spiro atoms. The first-order valence-electron chi connectivity index (χ1n) is 6.92. The fraction of sp³-hybridized carbons (Fsp3) is 0.615. The first-order valence-corrected chi connectivity index (χ1v) is 10.3. The molecule has 21 heavy (non-hydrogen) atoms. The van der Waals surface area contributed by atoms with E-state index in [1.165, 1.54) is 27.4 Å². The molecule has 2 heterocycles. The highest BCUT2D eigenvalue weighted by molar-refractivity contribution is 8.01. The van der Waals surface area contributed by atoms with Crippen LogP contribution in [0.4, 0.5) is 0 Å². The van der Waals surface area contributed by atoms with Crippen molar-refractivity contribution >= 4 is 39.0 Å². The van der Waals surface area contributed by atoms with Gasteiger partial charge in [-0.3, -0.25) is 4.79 Å². The van der Waals surface area contributed by atoms with E-state index in [1.54, 1.807) is 12.1 Å². The molecule has 0 bridgehead atoms. The minimum atomic E-state index is -3.56. The third-order valence-electron chi connectivity index (χ3n) is 3.69. The molecule has 1 aliphatic heterocycles. The van der Waals surface area contributed by atoms with Gasteiger partial charge in [0, 0.05) is 17.2 Å². The van der Waals surface area contributed by atoms with E-state index in [0.29, 0.717) is 28.3 Å². The number of carbonyl (C=O) groups is 1. The zero-order chi connectivity index (χ0) is 15.0. The number of hydrogen-bond donors (Lipinski definition) is 1. The van der Waals surface area contributed by atoms with Crippen molar-refractivity contribution in [2.24, 2.45) is 5.92 Å². The van der Waals surface area contributed by atoms with Gasteiger partial charge in [-0.2, -0.15) is 4.31 Å². The van der Waals surface area contributed by atoms with Gasteiger partial charge in [0.2, 0.25) is 5.91 Å². The van der Waals surface area contributed by atoms with Crippen LogP contribution in [-0.2, 0) is 14.8 Å². The summed E-state index contributed by atoms with van der Waals surface area (Å²) >= 11 is 2.74. The Labute approximate surface area is 133 Å². The van der Waals surface area contributed by atoms with Gasteiger partial charge < -0.3 is 5.32 Å². The van der Waals surface area contributed by atoms with Crippen LogP contribution in [0.3, 0.4) is 0 Å². The van der Waals surface area contributed by atoms with Crippen LogP contribution in [0.1, 0.15) is 17.7 Å². The van der Waals surface area contributed by atoms with Crippen molar-refractivity contribution in [2.45, 2.75) is 30.0 Å². The number of amides is 1. The topological polar surface area (TPSA) is 66.5 Å². The Morgan fingerprint density at radius 1 is 1.43 bits per heavy atom. The Morgan fingerprint density at radius 2 is 2.19 bits per heavy atom. The second-order valence-corrected chi connectivity index (χ2v) is 9.87. The SMILES string of the molecule is Cc1ccc(S(=O)(=O)N2CSCC2C(=O)NCC2CC2)s1. The summed E-state index contributed by atoms with van der Waals surface area (Å²) in [6.07, 6.45) is 2.33. The molecule has 1 unspecified atom stereocenters. The molecular weight excluding hydrogens is 328 g/mol. The quantitative estimate of drug-likeness (QED) is 0.880. The van der Waals surface area contributed by atoms with Gasteiger partial charge in [0.1, 0.15) is 10.3 Å². The number of nitrogens with one attached hydrogen (secondary N) is 1. The number of carbonyl (C=O) groups excluding carboxylic acids is 1. The van der Waals surface area contributed by atoms with Gasteiger partial charge in [-0.1, -0.05) is 0 Å². The molecule has 116 valence electrons. The fourth-order valence-electron chi connectivity index (χ4n) is 2.22. The van der Waals surface area contributed by atoms with E-state index in [4.69, 9.17) is 0 Å². The number of nitrogens with zero attached hydrogens (tertiary/aromatic N) is 1. The van der Waals surface area contributed by atoms with Crippen LogP contribution >= 0.6 is 23.1 Å². The predicted molar refractivity (Wildman–Crippen MR) is 84.9 cm³/mol. The Hall–Kier alpha value is -0.570. The maximum absolute atomic E-state index is 12.7. The molecule has 0 radical (unpaired) electrons. The summed E-state index contributed by atoms with van der Waals surface area (Å²) in [6, 6.07) is 2.83. The normalized spacial score (nSPS) is 23.4. The first kappa shape index (κ1) is 15.3. The van der Waals surface area contributed by atoms with Gasteiger partial charge in [-0.05, 0) is 37.8 Å². The molecule has 1 aliphatic carbocycles. The number of rotatable bonds is 5. The van der Waals surface area contributed by atoms with Crippen LogP contribution < -0.4 is 5.32 Å². The average molecular weight is 346 g/mol. The molecule has 1 aromatic rings. The summed E-state index contributed by atoms with van der Waals surface area (Å²) < 4.78 is 27.0. The lowest BCUT2D eigenvalue weighted by atomic mass is 10.3. The Kier molecular flexibility index (Phi) is 4.31. The fourth-order valence-corrected chi connectivity index (χ4v) is 6.78. The Balaban J connectivity index is 1.74. The smallest absolute Gasteiger partial charge is 0.254 e. The second-order valence-electron chi connectivity index (χ2n) is 5.46. The van der Waals surface area contributed by atoms with Crippen LogP contribution in [0, 0.1) is 12.8 Å². The maximum atomic E-state index is 12.7. The van der Waals surface area contributed by atoms with Gasteiger partial charge in [-0.15, -0.1) is 23.1 Å². The largest absolute Gasteiger partial charge is 0.354 e. The number of thioether (sulfide) groups is 1. The summed E-state index contributed by atoms with van der Waals surface area (Å²) in [4.78, 5) is 13.2. The summed E-state index contributed by atoms with van der Waals surface area (Å²) in [5, 5.41) is 2.89. The molecule has 5 nitrogen and oxygen atoms in total. The van der Waals surface area contributed by atoms with Crippen LogP contribution in [-0.4, -0.2) is 42.8 Å². The lowest BCUT2D eigenvalue weighted by Crippen LogP contribution is -2.47. The molecule has 2 aliphatic rings. The average Bonchev–Trinajstić information content (AvgIpc) is 2.95. The van der Waals surface area contributed by atoms with Gasteiger partial charge in [0.15, 0.2) is 0 Å². The highest BCUT2D eigenvalue weighted by atomic mass is 32.2. The second kappa shape index (κ2) is 5.91. The summed E-state index contributed by atoms with van der Waals surface area (Å²) in [7, 11) is -3.56. The van der Waals surface area contributed by atoms with Crippen molar-refractivity contribution in [3.05, 3.63) is 17.0 Å². The molecule has 8 heteroatoms. The summed E-state index contributed by atoms with van der Waals surface area (Å²) in [6.45, 7) is 2.55. The highest BCUT2D eigenvalue weighted by Gasteiger charge is 2.40. The third-order valence-corrected chi connectivity index (χ3v) is 8.18. The zero-order valence-electron chi connectivity index (χ0n) is 11.7. The number of aryl methyl sites for hydroxylation is 1. The standard InChI is InChI=1S/C13H18N2O3S3/c1-9-2-5-12(20-9)21(17,18)15-8-19-7-11(15)13(16)14-6-10-3-4-10/h2,5,10-11H,3-4,6-8H2,1H3,(H,14,16). The maximum Gasteiger partial charge on any atom is 0.254 e. The number of sulfonamides is 1.